The number of aryl methyl sites for hydroxylation is 3. The summed E-state index contributed by atoms with van der Waals surface area (Å²) in [6.07, 6.45) is 3.07. The number of hydrogen-bond acceptors (Lipinski definition) is 6. The van der Waals surface area contributed by atoms with Crippen LogP contribution in [0.4, 0.5) is 5.69 Å². The monoisotopic (exact) mass is 625 g/mol. The van der Waals surface area contributed by atoms with Gasteiger partial charge in [-0.05, 0) is 50.0 Å². The summed E-state index contributed by atoms with van der Waals surface area (Å²) < 4.78 is 57.4. The third-order valence-corrected chi connectivity index (χ3v) is 9.93. The first-order valence-corrected chi connectivity index (χ1v) is 15.4. The van der Waals surface area contributed by atoms with Gasteiger partial charge in [-0.15, -0.1) is 5.73 Å². The van der Waals surface area contributed by atoms with Gasteiger partial charge in [0.1, 0.15) is 0 Å². The average molecular weight is 627 g/mol. The molecular formula is C26H32BrN3O6S2. The number of benzene rings is 2. The maximum Gasteiger partial charge on any atom is 0.289 e. The van der Waals surface area contributed by atoms with Gasteiger partial charge in [0.05, 0.1) is 15.9 Å². The molecule has 0 spiro atoms. The fourth-order valence-corrected chi connectivity index (χ4v) is 7.99. The molecule has 0 heterocycles. The number of rotatable bonds is 12. The van der Waals surface area contributed by atoms with E-state index in [0.29, 0.717) is 15.6 Å². The standard InChI is InChI=1S/C26H32BrN3O6S2/c1-7-10-23(18(2)3)29(38(35,36)26-20(5)15-19(4)16-21(26)6)17-22(27)13-14-28-37(33,34)25-12-9-8-11-24(25)30(31)32/h8-13,15-16,18,23,28H,1,14,17H2,2-6H3/b22-13-/t23-/m1/s1. The fourth-order valence-electron chi connectivity index (χ4n) is 4.16. The van der Waals surface area contributed by atoms with E-state index in [1.807, 2.05) is 32.9 Å². The average Bonchev–Trinajstić information content (AvgIpc) is 2.80. The van der Waals surface area contributed by atoms with E-state index in [4.69, 9.17) is 0 Å². The van der Waals surface area contributed by atoms with E-state index < -0.39 is 41.6 Å². The Morgan fingerprint density at radius 3 is 2.26 bits per heavy atom. The third kappa shape index (κ3) is 7.49. The van der Waals surface area contributed by atoms with E-state index in [0.717, 1.165) is 17.7 Å². The first-order valence-electron chi connectivity index (χ1n) is 11.7. The number of halogens is 1. The number of nitro groups is 1. The van der Waals surface area contributed by atoms with E-state index in [-0.39, 0.29) is 23.9 Å². The first-order chi connectivity index (χ1) is 17.6. The van der Waals surface area contributed by atoms with Gasteiger partial charge >= 0.3 is 0 Å². The van der Waals surface area contributed by atoms with Crippen molar-refractivity contribution < 1.29 is 21.8 Å². The van der Waals surface area contributed by atoms with Crippen LogP contribution in [0.15, 0.2) is 75.1 Å². The van der Waals surface area contributed by atoms with Crippen LogP contribution < -0.4 is 4.72 Å². The normalized spacial score (nSPS) is 13.4. The molecule has 206 valence electrons. The van der Waals surface area contributed by atoms with E-state index in [9.17, 15) is 26.9 Å². The minimum absolute atomic E-state index is 0.0939. The van der Waals surface area contributed by atoms with E-state index in [2.05, 4.69) is 33.0 Å². The molecule has 0 saturated heterocycles. The number of sulfonamides is 2. The second-order valence-electron chi connectivity index (χ2n) is 9.11. The largest absolute Gasteiger partial charge is 0.289 e. The highest BCUT2D eigenvalue weighted by molar-refractivity contribution is 9.11. The molecule has 0 fully saturated rings. The second kappa shape index (κ2) is 13.0. The van der Waals surface area contributed by atoms with E-state index in [1.165, 1.54) is 22.5 Å². The van der Waals surface area contributed by atoms with Crippen molar-refractivity contribution >= 4 is 41.7 Å². The highest BCUT2D eigenvalue weighted by Gasteiger charge is 2.34. The van der Waals surface area contributed by atoms with Crippen LogP contribution >= 0.6 is 15.9 Å². The highest BCUT2D eigenvalue weighted by Crippen LogP contribution is 2.30. The zero-order valence-corrected chi connectivity index (χ0v) is 25.2. The predicted molar refractivity (Wildman–Crippen MR) is 152 cm³/mol. The lowest BCUT2D eigenvalue weighted by molar-refractivity contribution is -0.387. The summed E-state index contributed by atoms with van der Waals surface area (Å²) in [5.41, 5.74) is 4.34. The van der Waals surface area contributed by atoms with Crippen molar-refractivity contribution in [1.29, 1.82) is 0 Å². The van der Waals surface area contributed by atoms with Gasteiger partial charge in [-0.3, -0.25) is 10.1 Å². The van der Waals surface area contributed by atoms with Crippen molar-refractivity contribution in [2.24, 2.45) is 5.92 Å². The van der Waals surface area contributed by atoms with Crippen LogP contribution in [0.25, 0.3) is 0 Å². The zero-order chi connectivity index (χ0) is 28.8. The number of nitrogens with zero attached hydrogens (tertiary/aromatic N) is 2. The van der Waals surface area contributed by atoms with Crippen molar-refractivity contribution in [2.75, 3.05) is 13.1 Å². The van der Waals surface area contributed by atoms with Gasteiger partial charge < -0.3 is 0 Å². The van der Waals surface area contributed by atoms with Crippen molar-refractivity contribution in [2.45, 2.75) is 50.5 Å². The van der Waals surface area contributed by atoms with E-state index >= 15 is 0 Å². The molecule has 2 rings (SSSR count). The van der Waals surface area contributed by atoms with Crippen molar-refractivity contribution in [3.05, 3.63) is 92.1 Å². The molecule has 0 aliphatic rings. The molecule has 0 amide bonds. The molecule has 0 unspecified atom stereocenters. The first kappa shape index (κ1) is 31.6. The van der Waals surface area contributed by atoms with Crippen molar-refractivity contribution in [3.8, 4) is 0 Å². The van der Waals surface area contributed by atoms with Gasteiger partial charge in [-0.1, -0.05) is 72.3 Å². The number of hydrogen-bond donors (Lipinski definition) is 1. The Bertz CT molecular complexity index is 1470. The number of nitrogens with one attached hydrogen (secondary N) is 1. The van der Waals surface area contributed by atoms with Gasteiger partial charge in [0.25, 0.3) is 5.69 Å². The number of para-hydroxylation sites is 1. The van der Waals surface area contributed by atoms with Gasteiger partial charge in [-0.25, -0.2) is 21.6 Å². The Labute approximate surface area is 233 Å². The summed E-state index contributed by atoms with van der Waals surface area (Å²) in [5, 5.41) is 11.2. The predicted octanol–water partition coefficient (Wildman–Crippen LogP) is 5.13. The molecule has 0 aliphatic carbocycles. The van der Waals surface area contributed by atoms with Crippen LogP contribution in [0.5, 0.6) is 0 Å². The summed E-state index contributed by atoms with van der Waals surface area (Å²) in [6, 6.07) is 8.07. The quantitative estimate of drug-likeness (QED) is 0.198. The van der Waals surface area contributed by atoms with Crippen molar-refractivity contribution in [3.63, 3.8) is 0 Å². The lowest BCUT2D eigenvalue weighted by atomic mass is 10.0. The van der Waals surface area contributed by atoms with Gasteiger partial charge in [0.2, 0.25) is 20.0 Å². The Kier molecular flexibility index (Phi) is 10.8. The molecule has 2 aromatic carbocycles. The van der Waals surface area contributed by atoms with Crippen LogP contribution in [0.1, 0.15) is 30.5 Å². The van der Waals surface area contributed by atoms with Gasteiger partial charge in [0, 0.05) is 23.6 Å². The maximum atomic E-state index is 14.0. The maximum absolute atomic E-state index is 14.0. The molecule has 12 heteroatoms. The van der Waals surface area contributed by atoms with Crippen LogP contribution in [0, 0.1) is 36.8 Å². The molecule has 1 atom stereocenters. The summed E-state index contributed by atoms with van der Waals surface area (Å²) in [4.78, 5) is 10.2. The van der Waals surface area contributed by atoms with Gasteiger partial charge in [-0.2, -0.15) is 4.31 Å². The zero-order valence-electron chi connectivity index (χ0n) is 21.9. The van der Waals surface area contributed by atoms with Crippen LogP contribution in [0.2, 0.25) is 0 Å². The Morgan fingerprint density at radius 2 is 1.74 bits per heavy atom. The minimum atomic E-state index is -4.20. The van der Waals surface area contributed by atoms with Crippen LogP contribution in [-0.2, 0) is 20.0 Å². The summed E-state index contributed by atoms with van der Waals surface area (Å²) in [6.45, 7) is 12.5. The van der Waals surface area contributed by atoms with Crippen molar-refractivity contribution in [1.82, 2.24) is 9.03 Å². The van der Waals surface area contributed by atoms with Crippen LogP contribution in [0.3, 0.4) is 0 Å². The minimum Gasteiger partial charge on any atom is -0.258 e. The van der Waals surface area contributed by atoms with Crippen LogP contribution in [-0.4, -0.2) is 45.2 Å². The molecule has 0 saturated carbocycles. The lowest BCUT2D eigenvalue weighted by Crippen LogP contribution is -2.43. The highest BCUT2D eigenvalue weighted by atomic mass is 79.9. The van der Waals surface area contributed by atoms with E-state index in [1.54, 1.807) is 19.9 Å². The summed E-state index contributed by atoms with van der Waals surface area (Å²) in [7, 11) is -8.20. The topological polar surface area (TPSA) is 127 Å². The molecular weight excluding hydrogens is 594 g/mol. The SMILES string of the molecule is C=C=C[C@H](C(C)C)N(C/C(Br)=C/CNS(=O)(=O)c1ccccc1[N+](=O)[O-])S(=O)(=O)c1c(C)cc(C)cc1C. The summed E-state index contributed by atoms with van der Waals surface area (Å²) in [5.74, 6) is -0.123. The molecule has 1 N–H and O–H groups in total. The second-order valence-corrected chi connectivity index (χ2v) is 13.7. The Balaban J connectivity index is 2.43. The fraction of sp³-hybridized carbons (Fsp3) is 0.346. The summed E-state index contributed by atoms with van der Waals surface area (Å²) >= 11 is 3.38. The lowest BCUT2D eigenvalue weighted by Gasteiger charge is -2.32. The molecule has 0 bridgehead atoms. The molecule has 38 heavy (non-hydrogen) atoms. The smallest absolute Gasteiger partial charge is 0.258 e. The molecule has 2 aromatic rings. The van der Waals surface area contributed by atoms with Gasteiger partial charge in [0.15, 0.2) is 4.90 Å². The Hall–Kier alpha value is -2.60. The Morgan fingerprint density at radius 1 is 1.16 bits per heavy atom. The third-order valence-electron chi connectivity index (χ3n) is 5.73. The molecule has 0 radical (unpaired) electrons. The number of nitro benzene ring substituents is 1. The molecule has 0 aliphatic heterocycles. The molecule has 0 aromatic heterocycles. The molecule has 9 nitrogen and oxygen atoms in total.